The number of hydrogen-bond acceptors (Lipinski definition) is 3. The van der Waals surface area contributed by atoms with Crippen LogP contribution in [0.15, 0.2) is 4.99 Å². The molecule has 1 aliphatic carbocycles. The first-order chi connectivity index (χ1) is 9.18. The molecule has 114 valence electrons. The highest BCUT2D eigenvalue weighted by atomic mass is 19.4. The number of halogens is 3. The van der Waals surface area contributed by atoms with Gasteiger partial charge in [-0.25, -0.2) is 4.79 Å². The van der Waals surface area contributed by atoms with Crippen LogP contribution in [0.5, 0.6) is 0 Å². The van der Waals surface area contributed by atoms with E-state index in [4.69, 9.17) is 9.90 Å². The van der Waals surface area contributed by atoms with Gasteiger partial charge in [-0.3, -0.25) is 9.79 Å². The van der Waals surface area contributed by atoms with Crippen molar-refractivity contribution in [1.82, 2.24) is 5.32 Å². The summed E-state index contributed by atoms with van der Waals surface area (Å²) >= 11 is 0. The molecule has 1 heterocycles. The Morgan fingerprint density at radius 3 is 2.25 bits per heavy atom. The normalized spacial score (nSPS) is 26.7. The quantitative estimate of drug-likeness (QED) is 0.777. The van der Waals surface area contributed by atoms with Gasteiger partial charge in [0, 0.05) is 0 Å². The zero-order valence-corrected chi connectivity index (χ0v) is 11.0. The molecule has 0 aromatic carbocycles. The zero-order chi connectivity index (χ0) is 15.4. The molecule has 0 aromatic heterocycles. The van der Waals surface area contributed by atoms with Crippen molar-refractivity contribution in [3.8, 4) is 0 Å². The predicted molar refractivity (Wildman–Crippen MR) is 65.3 cm³/mol. The van der Waals surface area contributed by atoms with E-state index < -0.39 is 17.7 Å². The Kier molecular flexibility index (Phi) is 5.13. The van der Waals surface area contributed by atoms with Crippen molar-refractivity contribution in [2.75, 3.05) is 0 Å². The van der Waals surface area contributed by atoms with Crippen LogP contribution in [0.2, 0.25) is 0 Å². The van der Waals surface area contributed by atoms with Gasteiger partial charge in [0.1, 0.15) is 5.54 Å². The Balaban J connectivity index is 0.000000246. The average molecular weight is 294 g/mol. The van der Waals surface area contributed by atoms with E-state index in [9.17, 15) is 18.0 Å². The van der Waals surface area contributed by atoms with Crippen LogP contribution in [0.25, 0.3) is 0 Å². The Bertz CT molecular complexity index is 403. The van der Waals surface area contributed by atoms with E-state index in [1.165, 1.54) is 19.3 Å². The first-order valence-corrected chi connectivity index (χ1v) is 6.32. The Labute approximate surface area is 114 Å². The second kappa shape index (κ2) is 6.23. The third kappa shape index (κ3) is 3.94. The van der Waals surface area contributed by atoms with Gasteiger partial charge >= 0.3 is 12.1 Å². The first kappa shape index (κ1) is 16.5. The van der Waals surface area contributed by atoms with Crippen LogP contribution in [-0.2, 0) is 9.59 Å². The summed E-state index contributed by atoms with van der Waals surface area (Å²) in [6.07, 6.45) is 2.60. The average Bonchev–Trinajstić information content (AvgIpc) is 2.72. The molecule has 1 atom stereocenters. The fourth-order valence-electron chi connectivity index (χ4n) is 2.39. The molecule has 0 radical (unpaired) electrons. The molecule has 2 N–H and O–H groups in total. The number of nitrogens with zero attached hydrogens (tertiary/aromatic N) is 1. The van der Waals surface area contributed by atoms with E-state index in [0.29, 0.717) is 5.92 Å². The van der Waals surface area contributed by atoms with Crippen LogP contribution < -0.4 is 5.32 Å². The standard InChI is InChI=1S/C10H16N2O.C2HF3O2/c1-10(9(13)11-7-12-10)8-5-3-2-4-6-8;3-2(4,5)1(6)7/h7-8H,2-6H2,1H3,(H,11,12,13);(H,6,7). The molecule has 0 saturated heterocycles. The molecule has 1 amide bonds. The molecule has 0 bridgehead atoms. The molecular weight excluding hydrogens is 277 g/mol. The molecule has 5 nitrogen and oxygen atoms in total. The minimum absolute atomic E-state index is 0.0828. The lowest BCUT2D eigenvalue weighted by molar-refractivity contribution is -0.192. The van der Waals surface area contributed by atoms with Crippen molar-refractivity contribution < 1.29 is 27.9 Å². The number of carbonyl (C=O) groups is 2. The van der Waals surface area contributed by atoms with Crippen molar-refractivity contribution in [3.63, 3.8) is 0 Å². The summed E-state index contributed by atoms with van der Waals surface area (Å²) in [5, 5.41) is 9.80. The maximum absolute atomic E-state index is 11.6. The molecule has 20 heavy (non-hydrogen) atoms. The number of carboxylic acid groups (broad SMARTS) is 1. The van der Waals surface area contributed by atoms with Gasteiger partial charge in [-0.2, -0.15) is 13.2 Å². The molecule has 2 rings (SSSR count). The summed E-state index contributed by atoms with van der Waals surface area (Å²) in [4.78, 5) is 24.7. The predicted octanol–water partition coefficient (Wildman–Crippen LogP) is 2.12. The molecule has 0 spiro atoms. The third-order valence-corrected chi connectivity index (χ3v) is 3.63. The molecular formula is C12H17F3N2O3. The molecule has 1 unspecified atom stereocenters. The fraction of sp³-hybridized carbons (Fsp3) is 0.750. The minimum atomic E-state index is -5.08. The highest BCUT2D eigenvalue weighted by Gasteiger charge is 2.43. The summed E-state index contributed by atoms with van der Waals surface area (Å²) in [6.45, 7) is 1.96. The number of alkyl halides is 3. The van der Waals surface area contributed by atoms with Crippen LogP contribution in [0, 0.1) is 5.92 Å². The maximum Gasteiger partial charge on any atom is 0.490 e. The van der Waals surface area contributed by atoms with E-state index in [1.54, 1.807) is 6.34 Å². The van der Waals surface area contributed by atoms with Gasteiger partial charge in [0.05, 0.1) is 6.34 Å². The number of rotatable bonds is 1. The van der Waals surface area contributed by atoms with Gasteiger partial charge in [-0.15, -0.1) is 0 Å². The second-order valence-corrected chi connectivity index (χ2v) is 5.02. The number of carbonyl (C=O) groups excluding carboxylic acids is 1. The van der Waals surface area contributed by atoms with E-state index in [0.717, 1.165) is 12.8 Å². The number of carboxylic acids is 1. The van der Waals surface area contributed by atoms with Gasteiger partial charge in [0.15, 0.2) is 0 Å². The highest BCUT2D eigenvalue weighted by Crippen LogP contribution is 2.36. The molecule has 8 heteroatoms. The zero-order valence-electron chi connectivity index (χ0n) is 11.0. The minimum Gasteiger partial charge on any atom is -0.475 e. The number of nitrogens with one attached hydrogen (secondary N) is 1. The molecule has 1 fully saturated rings. The lowest BCUT2D eigenvalue weighted by Crippen LogP contribution is -2.43. The first-order valence-electron chi connectivity index (χ1n) is 6.32. The van der Waals surface area contributed by atoms with E-state index in [-0.39, 0.29) is 5.91 Å². The summed E-state index contributed by atoms with van der Waals surface area (Å²) < 4.78 is 31.7. The number of aliphatic imine (C=N–C) groups is 1. The summed E-state index contributed by atoms with van der Waals surface area (Å²) in [6, 6.07) is 0. The lowest BCUT2D eigenvalue weighted by atomic mass is 9.76. The fourth-order valence-corrected chi connectivity index (χ4v) is 2.39. The van der Waals surface area contributed by atoms with Crippen LogP contribution in [0.4, 0.5) is 13.2 Å². The van der Waals surface area contributed by atoms with Crippen LogP contribution in [0.3, 0.4) is 0 Å². The van der Waals surface area contributed by atoms with Gasteiger partial charge in [-0.1, -0.05) is 19.3 Å². The largest absolute Gasteiger partial charge is 0.490 e. The van der Waals surface area contributed by atoms with Crippen LogP contribution >= 0.6 is 0 Å². The van der Waals surface area contributed by atoms with Crippen molar-refractivity contribution in [3.05, 3.63) is 0 Å². The summed E-state index contributed by atoms with van der Waals surface area (Å²) in [5.41, 5.74) is -0.458. The highest BCUT2D eigenvalue weighted by molar-refractivity contribution is 5.99. The second-order valence-electron chi connectivity index (χ2n) is 5.02. The third-order valence-electron chi connectivity index (χ3n) is 3.63. The monoisotopic (exact) mass is 294 g/mol. The summed E-state index contributed by atoms with van der Waals surface area (Å²) in [7, 11) is 0. The topological polar surface area (TPSA) is 78.8 Å². The Morgan fingerprint density at radius 2 is 1.90 bits per heavy atom. The van der Waals surface area contributed by atoms with Crippen molar-refractivity contribution >= 4 is 18.2 Å². The number of hydrogen-bond donors (Lipinski definition) is 2. The maximum atomic E-state index is 11.6. The van der Waals surface area contributed by atoms with E-state index in [1.807, 2.05) is 6.92 Å². The number of amides is 1. The molecule has 1 saturated carbocycles. The van der Waals surface area contributed by atoms with Gasteiger partial charge in [0.2, 0.25) is 0 Å². The molecule has 2 aliphatic rings. The smallest absolute Gasteiger partial charge is 0.475 e. The Morgan fingerprint density at radius 1 is 1.40 bits per heavy atom. The van der Waals surface area contributed by atoms with Gasteiger partial charge in [0.25, 0.3) is 5.91 Å². The molecule has 0 aromatic rings. The van der Waals surface area contributed by atoms with E-state index in [2.05, 4.69) is 10.3 Å². The SMILES string of the molecule is CC1(C2CCCCC2)N=CNC1=O.O=C(O)C(F)(F)F. The van der Waals surface area contributed by atoms with Crippen LogP contribution in [0.1, 0.15) is 39.0 Å². The number of aliphatic carboxylic acids is 1. The Hall–Kier alpha value is -1.60. The van der Waals surface area contributed by atoms with Gasteiger partial charge in [-0.05, 0) is 25.7 Å². The lowest BCUT2D eigenvalue weighted by Gasteiger charge is -2.32. The molecule has 1 aliphatic heterocycles. The summed E-state index contributed by atoms with van der Waals surface area (Å²) in [5.74, 6) is -2.22. The van der Waals surface area contributed by atoms with Crippen molar-refractivity contribution in [1.29, 1.82) is 0 Å². The van der Waals surface area contributed by atoms with E-state index >= 15 is 0 Å². The van der Waals surface area contributed by atoms with Crippen LogP contribution in [-0.4, -0.2) is 35.0 Å². The van der Waals surface area contributed by atoms with Crippen molar-refractivity contribution in [2.45, 2.75) is 50.7 Å². The van der Waals surface area contributed by atoms with Gasteiger partial charge < -0.3 is 10.4 Å². The van der Waals surface area contributed by atoms with Crippen molar-refractivity contribution in [2.24, 2.45) is 10.9 Å².